The summed E-state index contributed by atoms with van der Waals surface area (Å²) in [5, 5.41) is 11.8. The zero-order chi connectivity index (χ0) is 14.9. The predicted octanol–water partition coefficient (Wildman–Crippen LogP) is 3.06. The van der Waals surface area contributed by atoms with E-state index >= 15 is 0 Å². The average Bonchev–Trinajstić information content (AvgIpc) is 2.92. The summed E-state index contributed by atoms with van der Waals surface area (Å²) in [6.45, 7) is 5.12. The molecule has 1 aromatic carbocycles. The summed E-state index contributed by atoms with van der Waals surface area (Å²) >= 11 is 1.98. The minimum Gasteiger partial charge on any atom is -0.370 e. The van der Waals surface area contributed by atoms with Gasteiger partial charge >= 0.3 is 0 Å². The summed E-state index contributed by atoms with van der Waals surface area (Å²) in [5.74, 6) is 2.96. The number of aryl methyl sites for hydroxylation is 1. The van der Waals surface area contributed by atoms with Crippen LogP contribution in [0.3, 0.4) is 0 Å². The van der Waals surface area contributed by atoms with Crippen LogP contribution < -0.4 is 10.6 Å². The van der Waals surface area contributed by atoms with E-state index in [-0.39, 0.29) is 0 Å². The van der Waals surface area contributed by atoms with E-state index in [0.29, 0.717) is 12.0 Å². The van der Waals surface area contributed by atoms with Crippen molar-refractivity contribution >= 4 is 17.6 Å². The molecule has 0 amide bonds. The van der Waals surface area contributed by atoms with Crippen molar-refractivity contribution in [1.82, 2.24) is 15.1 Å². The van der Waals surface area contributed by atoms with Crippen LogP contribution >= 0.6 is 11.8 Å². The normalized spacial score (nSPS) is 23.5. The highest BCUT2D eigenvalue weighted by molar-refractivity contribution is 7.99. The van der Waals surface area contributed by atoms with Gasteiger partial charge < -0.3 is 10.6 Å². The molecule has 2 atom stereocenters. The van der Waals surface area contributed by atoms with Gasteiger partial charge in [0.1, 0.15) is 5.82 Å². The number of nitrogens with zero attached hydrogens (tertiary/aromatic N) is 2. The van der Waals surface area contributed by atoms with E-state index in [9.17, 15) is 0 Å². The SMILES string of the molecule is Cc1cc2n(n1)CC(CNC1CCSc3ccccc31)CN2. The molecule has 1 aromatic heterocycles. The van der Waals surface area contributed by atoms with Gasteiger partial charge in [0.05, 0.1) is 5.69 Å². The Bertz CT molecular complexity index is 666. The number of hydrogen-bond acceptors (Lipinski definition) is 4. The van der Waals surface area contributed by atoms with E-state index < -0.39 is 0 Å². The second-order valence-electron chi connectivity index (χ2n) is 6.24. The molecule has 0 spiro atoms. The molecule has 4 rings (SSSR count). The van der Waals surface area contributed by atoms with Crippen LogP contribution in [0.5, 0.6) is 0 Å². The summed E-state index contributed by atoms with van der Waals surface area (Å²) in [4.78, 5) is 1.44. The van der Waals surface area contributed by atoms with E-state index in [1.54, 1.807) is 0 Å². The fourth-order valence-electron chi connectivity index (χ4n) is 3.38. The van der Waals surface area contributed by atoms with Crippen LogP contribution in [0, 0.1) is 12.8 Å². The standard InChI is InChI=1S/C17H22N4S/c1-12-8-17-19-10-13(11-21(17)20-12)9-18-15-6-7-22-16-5-3-2-4-14(15)16/h2-5,8,13,15,18-19H,6-7,9-11H2,1H3. The molecule has 2 N–H and O–H groups in total. The zero-order valence-corrected chi connectivity index (χ0v) is 13.7. The fourth-order valence-corrected chi connectivity index (χ4v) is 4.51. The number of aromatic nitrogens is 2. The highest BCUT2D eigenvalue weighted by Gasteiger charge is 2.23. The molecule has 0 bridgehead atoms. The maximum atomic E-state index is 4.56. The number of rotatable bonds is 3. The first kappa shape index (κ1) is 14.2. The van der Waals surface area contributed by atoms with Gasteiger partial charge in [-0.25, -0.2) is 4.68 Å². The smallest absolute Gasteiger partial charge is 0.124 e. The Hall–Kier alpha value is -1.46. The summed E-state index contributed by atoms with van der Waals surface area (Å²) in [7, 11) is 0. The molecule has 5 heteroatoms. The summed E-state index contributed by atoms with van der Waals surface area (Å²) in [6, 6.07) is 11.4. The van der Waals surface area contributed by atoms with Crippen LogP contribution in [0.25, 0.3) is 0 Å². The van der Waals surface area contributed by atoms with Gasteiger partial charge in [0.15, 0.2) is 0 Å². The first-order chi connectivity index (χ1) is 10.8. The molecule has 0 saturated heterocycles. The lowest BCUT2D eigenvalue weighted by atomic mass is 10.0. The highest BCUT2D eigenvalue weighted by Crippen LogP contribution is 2.35. The molecular formula is C17H22N4S. The Morgan fingerprint density at radius 2 is 2.32 bits per heavy atom. The lowest BCUT2D eigenvalue weighted by molar-refractivity contribution is 0.365. The number of hydrogen-bond donors (Lipinski definition) is 2. The van der Waals surface area contributed by atoms with Crippen LogP contribution in [0.2, 0.25) is 0 Å². The minimum atomic E-state index is 0.498. The van der Waals surface area contributed by atoms with Crippen molar-refractivity contribution in [2.24, 2.45) is 5.92 Å². The molecule has 22 heavy (non-hydrogen) atoms. The number of nitrogens with one attached hydrogen (secondary N) is 2. The summed E-state index contributed by atoms with van der Waals surface area (Å²) in [6.07, 6.45) is 1.22. The van der Waals surface area contributed by atoms with Gasteiger partial charge in [0, 0.05) is 42.6 Å². The van der Waals surface area contributed by atoms with E-state index in [2.05, 4.69) is 57.7 Å². The monoisotopic (exact) mass is 314 g/mol. The first-order valence-corrected chi connectivity index (χ1v) is 9.01. The number of anilines is 1. The second kappa shape index (κ2) is 5.97. The Morgan fingerprint density at radius 3 is 3.27 bits per heavy atom. The quantitative estimate of drug-likeness (QED) is 0.914. The van der Waals surface area contributed by atoms with E-state index in [0.717, 1.165) is 31.1 Å². The topological polar surface area (TPSA) is 41.9 Å². The van der Waals surface area contributed by atoms with Gasteiger partial charge in [-0.05, 0) is 30.7 Å². The highest BCUT2D eigenvalue weighted by atomic mass is 32.2. The molecule has 3 heterocycles. The molecular weight excluding hydrogens is 292 g/mol. The second-order valence-corrected chi connectivity index (χ2v) is 7.37. The lowest BCUT2D eigenvalue weighted by Crippen LogP contribution is -2.37. The lowest BCUT2D eigenvalue weighted by Gasteiger charge is -2.30. The predicted molar refractivity (Wildman–Crippen MR) is 91.5 cm³/mol. The molecule has 0 fully saturated rings. The Balaban J connectivity index is 1.40. The van der Waals surface area contributed by atoms with Gasteiger partial charge in [-0.15, -0.1) is 11.8 Å². The van der Waals surface area contributed by atoms with Gasteiger partial charge in [0.2, 0.25) is 0 Å². The van der Waals surface area contributed by atoms with Crippen molar-refractivity contribution in [2.75, 3.05) is 24.2 Å². The van der Waals surface area contributed by atoms with Gasteiger partial charge in [-0.3, -0.25) is 0 Å². The van der Waals surface area contributed by atoms with E-state index in [1.807, 2.05) is 11.8 Å². The van der Waals surface area contributed by atoms with Gasteiger partial charge in [0.25, 0.3) is 0 Å². The van der Waals surface area contributed by atoms with E-state index in [4.69, 9.17) is 0 Å². The molecule has 0 radical (unpaired) electrons. The molecule has 2 aliphatic heterocycles. The van der Waals surface area contributed by atoms with Crippen molar-refractivity contribution in [2.45, 2.75) is 30.8 Å². The number of benzene rings is 1. The van der Waals surface area contributed by atoms with Crippen LogP contribution in [0.15, 0.2) is 35.2 Å². The molecule has 2 aliphatic rings. The minimum absolute atomic E-state index is 0.498. The van der Waals surface area contributed by atoms with Crippen LogP contribution in [-0.2, 0) is 6.54 Å². The third-order valence-electron chi connectivity index (χ3n) is 4.52. The Morgan fingerprint density at radius 1 is 1.41 bits per heavy atom. The van der Waals surface area contributed by atoms with Crippen molar-refractivity contribution < 1.29 is 0 Å². The van der Waals surface area contributed by atoms with Crippen LogP contribution in [0.4, 0.5) is 5.82 Å². The third-order valence-corrected chi connectivity index (χ3v) is 5.64. The van der Waals surface area contributed by atoms with Crippen molar-refractivity contribution in [3.8, 4) is 0 Å². The maximum absolute atomic E-state index is 4.56. The van der Waals surface area contributed by atoms with Crippen LogP contribution in [0.1, 0.15) is 23.7 Å². The summed E-state index contributed by atoms with van der Waals surface area (Å²) < 4.78 is 2.11. The van der Waals surface area contributed by atoms with Gasteiger partial charge in [-0.2, -0.15) is 5.10 Å². The molecule has 0 aliphatic carbocycles. The third kappa shape index (κ3) is 2.75. The zero-order valence-electron chi connectivity index (χ0n) is 12.9. The maximum Gasteiger partial charge on any atom is 0.124 e. The number of fused-ring (bicyclic) bond motifs is 2. The van der Waals surface area contributed by atoms with Crippen LogP contribution in [-0.4, -0.2) is 28.6 Å². The fraction of sp³-hybridized carbons (Fsp3) is 0.471. The molecule has 116 valence electrons. The average molecular weight is 314 g/mol. The molecule has 2 unspecified atom stereocenters. The molecule has 2 aromatic rings. The Kier molecular flexibility index (Phi) is 3.84. The summed E-state index contributed by atoms with van der Waals surface area (Å²) in [5.41, 5.74) is 2.56. The number of thioether (sulfide) groups is 1. The Labute approximate surface area is 135 Å². The van der Waals surface area contributed by atoms with E-state index in [1.165, 1.54) is 22.6 Å². The van der Waals surface area contributed by atoms with Crippen molar-refractivity contribution in [1.29, 1.82) is 0 Å². The largest absolute Gasteiger partial charge is 0.370 e. The first-order valence-electron chi connectivity index (χ1n) is 8.03. The molecule has 0 saturated carbocycles. The van der Waals surface area contributed by atoms with Crippen molar-refractivity contribution in [3.05, 3.63) is 41.6 Å². The molecule has 4 nitrogen and oxygen atoms in total. The van der Waals surface area contributed by atoms with Crippen molar-refractivity contribution in [3.63, 3.8) is 0 Å². The van der Waals surface area contributed by atoms with Gasteiger partial charge in [-0.1, -0.05) is 18.2 Å².